The van der Waals surface area contributed by atoms with Crippen LogP contribution in [0.5, 0.6) is 5.75 Å². The average molecular weight is 393 g/mol. The maximum Gasteiger partial charge on any atom is 0.265 e. The number of rotatable bonds is 3. The second-order valence-electron chi connectivity index (χ2n) is 6.71. The van der Waals surface area contributed by atoms with Gasteiger partial charge >= 0.3 is 0 Å². The molecule has 2 aromatic carbocycles. The molecule has 2 heterocycles. The first-order valence-electron chi connectivity index (χ1n) is 8.88. The highest BCUT2D eigenvalue weighted by atomic mass is 32.1. The number of aromatic nitrogens is 1. The molecule has 7 heteroatoms. The van der Waals surface area contributed by atoms with Gasteiger partial charge in [0.2, 0.25) is 0 Å². The van der Waals surface area contributed by atoms with E-state index in [-0.39, 0.29) is 11.8 Å². The Hall–Kier alpha value is -3.19. The van der Waals surface area contributed by atoms with Gasteiger partial charge in [-0.2, -0.15) is 0 Å². The number of benzene rings is 2. The number of hydrogen-bond acceptors (Lipinski definition) is 5. The van der Waals surface area contributed by atoms with Crippen molar-refractivity contribution in [3.05, 3.63) is 58.5 Å². The van der Waals surface area contributed by atoms with Crippen LogP contribution < -0.4 is 15.4 Å². The molecule has 1 unspecified atom stereocenters. The van der Waals surface area contributed by atoms with Crippen LogP contribution in [0.25, 0.3) is 11.3 Å². The first-order valence-corrected chi connectivity index (χ1v) is 9.70. The number of fused-ring (bicyclic) bond motifs is 1. The molecule has 0 saturated carbocycles. The zero-order valence-electron chi connectivity index (χ0n) is 15.7. The van der Waals surface area contributed by atoms with Crippen molar-refractivity contribution >= 4 is 34.0 Å². The Labute approximate surface area is 166 Å². The fraction of sp³-hybridized carbons (Fsp3) is 0.190. The number of ether oxygens (including phenoxy) is 1. The van der Waals surface area contributed by atoms with Gasteiger partial charge in [0, 0.05) is 16.0 Å². The number of anilines is 2. The fourth-order valence-corrected chi connectivity index (χ4v) is 3.86. The fourth-order valence-electron chi connectivity index (χ4n) is 3.03. The number of amides is 2. The van der Waals surface area contributed by atoms with E-state index in [2.05, 4.69) is 15.6 Å². The normalized spacial score (nSPS) is 15.4. The maximum atomic E-state index is 12.5. The van der Waals surface area contributed by atoms with Gasteiger partial charge in [0.15, 0.2) is 11.2 Å². The molecule has 1 aliphatic rings. The standard InChI is InChI=1S/C21H19N3O3S/c1-11-5-4-6-15(9-11)20(26)24-21-23-18(13(3)28-21)14-7-8-17-16(10-14)22-19(25)12(2)27-17/h4-10,12H,1-3H3,(H,22,25)(H,23,24,26). The average Bonchev–Trinajstić information content (AvgIpc) is 3.02. The summed E-state index contributed by atoms with van der Waals surface area (Å²) in [6, 6.07) is 13.0. The largest absolute Gasteiger partial charge is 0.479 e. The van der Waals surface area contributed by atoms with E-state index in [1.165, 1.54) is 11.3 Å². The maximum absolute atomic E-state index is 12.5. The predicted octanol–water partition coefficient (Wildman–Crippen LogP) is 4.40. The molecule has 0 aliphatic carbocycles. The third kappa shape index (κ3) is 3.48. The van der Waals surface area contributed by atoms with E-state index in [1.54, 1.807) is 13.0 Å². The van der Waals surface area contributed by atoms with Crippen molar-refractivity contribution in [2.75, 3.05) is 10.6 Å². The Balaban J connectivity index is 1.59. The second kappa shape index (κ2) is 7.09. The molecule has 142 valence electrons. The summed E-state index contributed by atoms with van der Waals surface area (Å²) in [4.78, 5) is 29.9. The molecule has 0 radical (unpaired) electrons. The molecule has 1 aromatic heterocycles. The van der Waals surface area contributed by atoms with Gasteiger partial charge in [-0.3, -0.25) is 14.9 Å². The number of nitrogens with zero attached hydrogens (tertiary/aromatic N) is 1. The van der Waals surface area contributed by atoms with Crippen molar-refractivity contribution in [1.82, 2.24) is 4.98 Å². The van der Waals surface area contributed by atoms with Crippen LogP contribution in [0.1, 0.15) is 27.7 Å². The van der Waals surface area contributed by atoms with Crippen LogP contribution in [0.2, 0.25) is 0 Å². The quantitative estimate of drug-likeness (QED) is 0.691. The minimum Gasteiger partial charge on any atom is -0.479 e. The molecule has 0 spiro atoms. The smallest absolute Gasteiger partial charge is 0.265 e. The lowest BCUT2D eigenvalue weighted by Gasteiger charge is -2.23. The van der Waals surface area contributed by atoms with E-state index in [0.717, 1.165) is 21.7 Å². The van der Waals surface area contributed by atoms with Crippen molar-refractivity contribution in [2.24, 2.45) is 0 Å². The van der Waals surface area contributed by atoms with E-state index >= 15 is 0 Å². The van der Waals surface area contributed by atoms with Gasteiger partial charge in [-0.15, -0.1) is 11.3 Å². The first-order chi connectivity index (χ1) is 13.4. The molecule has 0 saturated heterocycles. The van der Waals surface area contributed by atoms with Crippen LogP contribution in [0.4, 0.5) is 10.8 Å². The van der Waals surface area contributed by atoms with Crippen LogP contribution in [0.15, 0.2) is 42.5 Å². The molecular weight excluding hydrogens is 374 g/mol. The van der Waals surface area contributed by atoms with Gasteiger partial charge in [0.05, 0.1) is 11.4 Å². The third-order valence-corrected chi connectivity index (χ3v) is 5.37. The molecule has 2 N–H and O–H groups in total. The van der Waals surface area contributed by atoms with Gasteiger partial charge in [-0.1, -0.05) is 17.7 Å². The minimum absolute atomic E-state index is 0.175. The molecule has 3 aromatic rings. The molecule has 0 fully saturated rings. The molecule has 0 bridgehead atoms. The highest BCUT2D eigenvalue weighted by Gasteiger charge is 2.24. The van der Waals surface area contributed by atoms with Gasteiger partial charge < -0.3 is 10.1 Å². The zero-order valence-corrected chi connectivity index (χ0v) is 16.5. The van der Waals surface area contributed by atoms with Crippen LogP contribution in [0.3, 0.4) is 0 Å². The summed E-state index contributed by atoms with van der Waals surface area (Å²) in [7, 11) is 0. The van der Waals surface area contributed by atoms with Crippen LogP contribution >= 0.6 is 11.3 Å². The van der Waals surface area contributed by atoms with Crippen molar-refractivity contribution in [1.29, 1.82) is 0 Å². The van der Waals surface area contributed by atoms with E-state index < -0.39 is 6.10 Å². The van der Waals surface area contributed by atoms with E-state index in [1.807, 2.05) is 50.2 Å². The highest BCUT2D eigenvalue weighted by molar-refractivity contribution is 7.16. The Kier molecular flexibility index (Phi) is 4.60. The van der Waals surface area contributed by atoms with Crippen LogP contribution in [0, 0.1) is 13.8 Å². The molecule has 2 amide bonds. The summed E-state index contributed by atoms with van der Waals surface area (Å²) in [5.41, 5.74) is 3.86. The monoisotopic (exact) mass is 393 g/mol. The van der Waals surface area contributed by atoms with E-state index in [9.17, 15) is 9.59 Å². The van der Waals surface area contributed by atoms with E-state index in [0.29, 0.717) is 22.1 Å². The zero-order chi connectivity index (χ0) is 19.8. The minimum atomic E-state index is -0.511. The van der Waals surface area contributed by atoms with Crippen LogP contribution in [-0.2, 0) is 4.79 Å². The summed E-state index contributed by atoms with van der Waals surface area (Å²) >= 11 is 1.41. The number of hydrogen-bond donors (Lipinski definition) is 2. The second-order valence-corrected chi connectivity index (χ2v) is 7.91. The van der Waals surface area contributed by atoms with Gasteiger partial charge in [-0.25, -0.2) is 4.98 Å². The van der Waals surface area contributed by atoms with Crippen molar-refractivity contribution in [2.45, 2.75) is 26.9 Å². The molecule has 28 heavy (non-hydrogen) atoms. The third-order valence-electron chi connectivity index (χ3n) is 4.48. The lowest BCUT2D eigenvalue weighted by Crippen LogP contribution is -2.34. The number of nitrogens with one attached hydrogen (secondary N) is 2. The van der Waals surface area contributed by atoms with E-state index in [4.69, 9.17) is 4.74 Å². The molecule has 4 rings (SSSR count). The summed E-state index contributed by atoms with van der Waals surface area (Å²) in [6.45, 7) is 5.60. The van der Waals surface area contributed by atoms with Crippen molar-refractivity contribution in [3.8, 4) is 17.0 Å². The summed E-state index contributed by atoms with van der Waals surface area (Å²) in [6.07, 6.45) is -0.511. The number of thiazole rings is 1. The molecule has 1 atom stereocenters. The molecule has 1 aliphatic heterocycles. The number of aryl methyl sites for hydroxylation is 2. The molecular formula is C21H19N3O3S. The lowest BCUT2D eigenvalue weighted by molar-refractivity contribution is -0.122. The van der Waals surface area contributed by atoms with Crippen molar-refractivity contribution in [3.63, 3.8) is 0 Å². The lowest BCUT2D eigenvalue weighted by atomic mass is 10.1. The summed E-state index contributed by atoms with van der Waals surface area (Å²) < 4.78 is 5.59. The topological polar surface area (TPSA) is 80.3 Å². The highest BCUT2D eigenvalue weighted by Crippen LogP contribution is 2.37. The van der Waals surface area contributed by atoms with Gasteiger partial charge in [-0.05, 0) is 51.1 Å². The number of carbonyl (C=O) groups is 2. The van der Waals surface area contributed by atoms with Gasteiger partial charge in [0.25, 0.3) is 11.8 Å². The SMILES string of the molecule is Cc1cccc(C(=O)Nc2nc(-c3ccc4c(c3)NC(=O)C(C)O4)c(C)s2)c1. The number of carbonyl (C=O) groups excluding carboxylic acids is 2. The first kappa shape index (κ1) is 18.2. The summed E-state index contributed by atoms with van der Waals surface area (Å²) in [5, 5.41) is 6.25. The Morgan fingerprint density at radius 1 is 1.21 bits per heavy atom. The Morgan fingerprint density at radius 3 is 2.82 bits per heavy atom. The molecule has 6 nitrogen and oxygen atoms in total. The Bertz CT molecular complexity index is 1090. The van der Waals surface area contributed by atoms with Gasteiger partial charge in [0.1, 0.15) is 5.75 Å². The van der Waals surface area contributed by atoms with Crippen LogP contribution in [-0.4, -0.2) is 22.9 Å². The summed E-state index contributed by atoms with van der Waals surface area (Å²) in [5.74, 6) is 0.270. The van der Waals surface area contributed by atoms with Crippen molar-refractivity contribution < 1.29 is 14.3 Å². The Morgan fingerprint density at radius 2 is 2.04 bits per heavy atom. The predicted molar refractivity (Wildman–Crippen MR) is 110 cm³/mol.